The SMILES string of the molecule is ONCc1c(Br)cc2c(c1F)OCCO2. The topological polar surface area (TPSA) is 50.7 Å². The van der Waals surface area contributed by atoms with Crippen LogP contribution in [-0.2, 0) is 6.54 Å². The molecule has 0 saturated carbocycles. The van der Waals surface area contributed by atoms with Crippen molar-refractivity contribution in [2.24, 2.45) is 0 Å². The van der Waals surface area contributed by atoms with E-state index >= 15 is 0 Å². The van der Waals surface area contributed by atoms with E-state index in [1.807, 2.05) is 5.48 Å². The average Bonchev–Trinajstić information content (AvgIpc) is 2.24. The molecule has 0 amide bonds. The number of halogens is 2. The average molecular weight is 278 g/mol. The van der Waals surface area contributed by atoms with Gasteiger partial charge in [0.2, 0.25) is 0 Å². The number of hydroxylamine groups is 1. The summed E-state index contributed by atoms with van der Waals surface area (Å²) in [4.78, 5) is 0. The summed E-state index contributed by atoms with van der Waals surface area (Å²) in [5, 5.41) is 8.56. The molecule has 2 rings (SSSR count). The van der Waals surface area contributed by atoms with Crippen LogP contribution in [0.3, 0.4) is 0 Å². The van der Waals surface area contributed by atoms with E-state index in [1.165, 1.54) is 0 Å². The van der Waals surface area contributed by atoms with Crippen LogP contribution >= 0.6 is 15.9 Å². The van der Waals surface area contributed by atoms with Crippen LogP contribution < -0.4 is 15.0 Å². The highest BCUT2D eigenvalue weighted by Crippen LogP contribution is 2.38. The molecule has 0 aromatic heterocycles. The van der Waals surface area contributed by atoms with Crippen LogP contribution in [0.5, 0.6) is 11.5 Å². The molecule has 0 spiro atoms. The highest BCUT2D eigenvalue weighted by atomic mass is 79.9. The van der Waals surface area contributed by atoms with E-state index in [-0.39, 0.29) is 12.3 Å². The van der Waals surface area contributed by atoms with Crippen LogP contribution in [0.1, 0.15) is 5.56 Å². The van der Waals surface area contributed by atoms with Gasteiger partial charge >= 0.3 is 0 Å². The molecule has 82 valence electrons. The molecule has 0 atom stereocenters. The lowest BCUT2D eigenvalue weighted by Crippen LogP contribution is -2.18. The fraction of sp³-hybridized carbons (Fsp3) is 0.333. The number of hydrogen-bond donors (Lipinski definition) is 2. The fourth-order valence-electron chi connectivity index (χ4n) is 1.40. The van der Waals surface area contributed by atoms with Crippen LogP contribution in [0, 0.1) is 5.82 Å². The summed E-state index contributed by atoms with van der Waals surface area (Å²) >= 11 is 3.20. The van der Waals surface area contributed by atoms with Crippen LogP contribution in [0.2, 0.25) is 0 Å². The smallest absolute Gasteiger partial charge is 0.197 e. The summed E-state index contributed by atoms with van der Waals surface area (Å²) in [6, 6.07) is 1.63. The van der Waals surface area contributed by atoms with Gasteiger partial charge in [0.15, 0.2) is 17.3 Å². The minimum Gasteiger partial charge on any atom is -0.486 e. The molecule has 0 aliphatic carbocycles. The van der Waals surface area contributed by atoms with E-state index in [9.17, 15) is 4.39 Å². The zero-order valence-electron chi connectivity index (χ0n) is 7.72. The molecule has 1 aliphatic rings. The Morgan fingerprint density at radius 1 is 1.47 bits per heavy atom. The van der Waals surface area contributed by atoms with Crippen LogP contribution in [0.4, 0.5) is 4.39 Å². The Hall–Kier alpha value is -0.850. The van der Waals surface area contributed by atoms with E-state index in [0.29, 0.717) is 29.0 Å². The summed E-state index contributed by atoms with van der Waals surface area (Å²) in [5.74, 6) is -0.0253. The van der Waals surface area contributed by atoms with Crippen LogP contribution in [0.25, 0.3) is 0 Å². The number of nitrogens with one attached hydrogen (secondary N) is 1. The molecular formula is C9H9BrFNO3. The third-order valence-corrected chi connectivity index (χ3v) is 2.78. The van der Waals surface area contributed by atoms with Crippen molar-refractivity contribution in [1.29, 1.82) is 0 Å². The lowest BCUT2D eigenvalue weighted by molar-refractivity contribution is 0.153. The summed E-state index contributed by atoms with van der Waals surface area (Å²) in [5.41, 5.74) is 2.21. The molecule has 0 bridgehead atoms. The molecule has 0 fully saturated rings. The number of fused-ring (bicyclic) bond motifs is 1. The van der Waals surface area contributed by atoms with Gasteiger partial charge in [-0.25, -0.2) is 9.87 Å². The Kier molecular flexibility index (Phi) is 3.08. The summed E-state index contributed by atoms with van der Waals surface area (Å²) in [6.45, 7) is 0.747. The van der Waals surface area contributed by atoms with Crippen molar-refractivity contribution >= 4 is 15.9 Å². The van der Waals surface area contributed by atoms with Crippen molar-refractivity contribution in [3.8, 4) is 11.5 Å². The minimum absolute atomic E-state index is 0.00303. The maximum atomic E-state index is 13.8. The second-order valence-electron chi connectivity index (χ2n) is 3.01. The van der Waals surface area contributed by atoms with E-state index in [0.717, 1.165) is 0 Å². The van der Waals surface area contributed by atoms with E-state index in [1.54, 1.807) is 6.07 Å². The Morgan fingerprint density at radius 2 is 2.20 bits per heavy atom. The van der Waals surface area contributed by atoms with Crippen molar-refractivity contribution in [2.75, 3.05) is 13.2 Å². The zero-order chi connectivity index (χ0) is 10.8. The molecule has 0 radical (unpaired) electrons. The Morgan fingerprint density at radius 3 is 2.93 bits per heavy atom. The van der Waals surface area contributed by atoms with Crippen molar-refractivity contribution in [3.63, 3.8) is 0 Å². The fourth-order valence-corrected chi connectivity index (χ4v) is 1.92. The van der Waals surface area contributed by atoms with Gasteiger partial charge in [-0.2, -0.15) is 0 Å². The molecule has 15 heavy (non-hydrogen) atoms. The standard InChI is InChI=1S/C9H9BrFNO3/c10-6-3-7-9(15-2-1-14-7)8(11)5(6)4-12-13/h3,12-13H,1-2,4H2. The third kappa shape index (κ3) is 1.92. The molecule has 1 heterocycles. The van der Waals surface area contributed by atoms with Gasteiger partial charge in [-0.15, -0.1) is 0 Å². The van der Waals surface area contributed by atoms with Crippen LogP contribution in [-0.4, -0.2) is 18.4 Å². The van der Waals surface area contributed by atoms with Gasteiger partial charge in [-0.05, 0) is 6.07 Å². The van der Waals surface area contributed by atoms with E-state index in [2.05, 4.69) is 15.9 Å². The first-order valence-electron chi connectivity index (χ1n) is 4.37. The maximum Gasteiger partial charge on any atom is 0.197 e. The molecule has 1 aromatic carbocycles. The predicted octanol–water partition coefficient (Wildman–Crippen LogP) is 1.84. The van der Waals surface area contributed by atoms with Gasteiger partial charge in [0, 0.05) is 16.6 Å². The molecule has 6 heteroatoms. The van der Waals surface area contributed by atoms with Crippen molar-refractivity contribution in [3.05, 3.63) is 21.9 Å². The molecule has 2 N–H and O–H groups in total. The zero-order valence-corrected chi connectivity index (χ0v) is 9.30. The number of benzene rings is 1. The molecule has 0 saturated heterocycles. The van der Waals surface area contributed by atoms with Crippen molar-refractivity contribution in [1.82, 2.24) is 5.48 Å². The minimum atomic E-state index is -0.513. The molecule has 0 unspecified atom stereocenters. The largest absolute Gasteiger partial charge is 0.486 e. The van der Waals surface area contributed by atoms with E-state index < -0.39 is 5.82 Å². The first-order valence-corrected chi connectivity index (χ1v) is 5.16. The molecule has 4 nitrogen and oxygen atoms in total. The van der Waals surface area contributed by atoms with Crippen molar-refractivity contribution < 1.29 is 19.1 Å². The van der Waals surface area contributed by atoms with Gasteiger partial charge in [0.1, 0.15) is 13.2 Å². The highest BCUT2D eigenvalue weighted by molar-refractivity contribution is 9.10. The molecular weight excluding hydrogens is 269 g/mol. The molecule has 1 aliphatic heterocycles. The van der Waals surface area contributed by atoms with Gasteiger partial charge in [-0.3, -0.25) is 0 Å². The lowest BCUT2D eigenvalue weighted by Gasteiger charge is -2.20. The number of hydrogen-bond acceptors (Lipinski definition) is 4. The van der Waals surface area contributed by atoms with E-state index in [4.69, 9.17) is 14.7 Å². The quantitative estimate of drug-likeness (QED) is 0.810. The predicted molar refractivity (Wildman–Crippen MR) is 53.7 cm³/mol. The summed E-state index contributed by atoms with van der Waals surface area (Å²) in [6.07, 6.45) is 0. The Labute approximate surface area is 94.1 Å². The maximum absolute atomic E-state index is 13.8. The van der Waals surface area contributed by atoms with Gasteiger partial charge < -0.3 is 14.7 Å². The van der Waals surface area contributed by atoms with Gasteiger partial charge in [-0.1, -0.05) is 15.9 Å². The van der Waals surface area contributed by atoms with Gasteiger partial charge in [0.25, 0.3) is 0 Å². The number of ether oxygens (including phenoxy) is 2. The summed E-state index contributed by atoms with van der Waals surface area (Å²) in [7, 11) is 0. The first kappa shape index (κ1) is 10.7. The Balaban J connectivity index is 2.49. The second-order valence-corrected chi connectivity index (χ2v) is 3.86. The van der Waals surface area contributed by atoms with Crippen LogP contribution in [0.15, 0.2) is 10.5 Å². The first-order chi connectivity index (χ1) is 7.24. The monoisotopic (exact) mass is 277 g/mol. The second kappa shape index (κ2) is 4.34. The normalized spacial score (nSPS) is 14.1. The van der Waals surface area contributed by atoms with Gasteiger partial charge in [0.05, 0.1) is 0 Å². The molecule has 1 aromatic rings. The Bertz CT molecular complexity index is 386. The lowest BCUT2D eigenvalue weighted by atomic mass is 10.2. The highest BCUT2D eigenvalue weighted by Gasteiger charge is 2.21. The number of rotatable bonds is 2. The third-order valence-electron chi connectivity index (χ3n) is 2.08. The summed E-state index contributed by atoms with van der Waals surface area (Å²) < 4.78 is 24.8. The van der Waals surface area contributed by atoms with Crippen molar-refractivity contribution in [2.45, 2.75) is 6.54 Å².